The summed E-state index contributed by atoms with van der Waals surface area (Å²) < 4.78 is 24.8. The molecule has 1 aliphatic heterocycles. The first-order valence-corrected chi connectivity index (χ1v) is 8.31. The number of fused-ring (bicyclic) bond motifs is 1. The molecule has 132 valence electrons. The number of amides is 2. The third kappa shape index (κ3) is 4.41. The maximum absolute atomic E-state index is 13.2. The van der Waals surface area contributed by atoms with E-state index < -0.39 is 0 Å². The van der Waals surface area contributed by atoms with Gasteiger partial charge in [-0.1, -0.05) is 24.3 Å². The highest BCUT2D eigenvalue weighted by Gasteiger charge is 2.24. The molecule has 1 heterocycles. The standard InChI is InChI=1S/C19H21FN2O3/c1-2-22(19(23)21-11-14-6-5-7-15(20)10-14)12-16-13-24-17-8-3-4-9-18(17)25-16/h3-10,16H,2,11-13H2,1H3,(H,21,23)/t16-/m0/s1. The number of urea groups is 1. The minimum atomic E-state index is -0.314. The number of benzene rings is 2. The fourth-order valence-corrected chi connectivity index (χ4v) is 2.69. The Kier molecular flexibility index (Phi) is 5.38. The second-order valence-electron chi connectivity index (χ2n) is 5.82. The van der Waals surface area contributed by atoms with Gasteiger partial charge < -0.3 is 19.7 Å². The Balaban J connectivity index is 1.54. The molecule has 0 radical (unpaired) electrons. The molecule has 1 atom stereocenters. The summed E-state index contributed by atoms with van der Waals surface area (Å²) in [6.07, 6.45) is -0.227. The molecule has 0 fully saturated rings. The van der Waals surface area contributed by atoms with Gasteiger partial charge in [-0.15, -0.1) is 0 Å². The van der Waals surface area contributed by atoms with Gasteiger partial charge in [0.15, 0.2) is 17.6 Å². The van der Waals surface area contributed by atoms with Crippen molar-refractivity contribution in [3.63, 3.8) is 0 Å². The highest BCUT2D eigenvalue weighted by atomic mass is 19.1. The van der Waals surface area contributed by atoms with Gasteiger partial charge in [-0.2, -0.15) is 0 Å². The van der Waals surface area contributed by atoms with Crippen LogP contribution in [-0.4, -0.2) is 36.7 Å². The maximum atomic E-state index is 13.2. The lowest BCUT2D eigenvalue weighted by Gasteiger charge is -2.31. The summed E-state index contributed by atoms with van der Waals surface area (Å²) in [4.78, 5) is 14.0. The summed E-state index contributed by atoms with van der Waals surface area (Å²) in [6, 6.07) is 13.4. The molecule has 0 aliphatic carbocycles. The number of halogens is 1. The number of carbonyl (C=O) groups excluding carboxylic acids is 1. The molecule has 0 aromatic heterocycles. The number of rotatable bonds is 5. The predicted octanol–water partition coefficient (Wildman–Crippen LogP) is 3.20. The van der Waals surface area contributed by atoms with Crippen LogP contribution in [0, 0.1) is 5.82 Å². The fourth-order valence-electron chi connectivity index (χ4n) is 2.69. The smallest absolute Gasteiger partial charge is 0.317 e. The van der Waals surface area contributed by atoms with Crippen molar-refractivity contribution >= 4 is 6.03 Å². The van der Waals surface area contributed by atoms with Crippen LogP contribution in [0.5, 0.6) is 11.5 Å². The normalized spacial score (nSPS) is 15.5. The van der Waals surface area contributed by atoms with E-state index in [4.69, 9.17) is 9.47 Å². The average Bonchev–Trinajstić information content (AvgIpc) is 2.64. The van der Waals surface area contributed by atoms with E-state index in [2.05, 4.69) is 5.32 Å². The van der Waals surface area contributed by atoms with Crippen molar-refractivity contribution in [2.24, 2.45) is 0 Å². The Morgan fingerprint density at radius 2 is 2.04 bits per heavy atom. The number of likely N-dealkylation sites (N-methyl/N-ethyl adjacent to an activating group) is 1. The second kappa shape index (κ2) is 7.88. The molecule has 6 heteroatoms. The van der Waals surface area contributed by atoms with Crippen LogP contribution in [0.15, 0.2) is 48.5 Å². The van der Waals surface area contributed by atoms with Crippen LogP contribution < -0.4 is 14.8 Å². The Hall–Kier alpha value is -2.76. The Labute approximate surface area is 146 Å². The number of nitrogens with zero attached hydrogens (tertiary/aromatic N) is 1. The first-order valence-electron chi connectivity index (χ1n) is 8.31. The van der Waals surface area contributed by atoms with Crippen LogP contribution in [0.4, 0.5) is 9.18 Å². The number of para-hydroxylation sites is 2. The van der Waals surface area contributed by atoms with Gasteiger partial charge in [-0.3, -0.25) is 0 Å². The van der Waals surface area contributed by atoms with Crippen LogP contribution in [0.25, 0.3) is 0 Å². The lowest BCUT2D eigenvalue weighted by atomic mass is 10.2. The van der Waals surface area contributed by atoms with Gasteiger partial charge in [-0.05, 0) is 36.8 Å². The molecule has 2 aromatic rings. The third-order valence-electron chi connectivity index (χ3n) is 3.99. The number of hydrogen-bond acceptors (Lipinski definition) is 3. The van der Waals surface area contributed by atoms with E-state index in [-0.39, 0.29) is 24.5 Å². The van der Waals surface area contributed by atoms with E-state index in [1.807, 2.05) is 31.2 Å². The van der Waals surface area contributed by atoms with Crippen molar-refractivity contribution in [1.29, 1.82) is 0 Å². The number of hydrogen-bond donors (Lipinski definition) is 1. The van der Waals surface area contributed by atoms with Gasteiger partial charge in [0, 0.05) is 13.1 Å². The van der Waals surface area contributed by atoms with Crippen LogP contribution in [0.2, 0.25) is 0 Å². The zero-order chi connectivity index (χ0) is 17.6. The minimum absolute atomic E-state index is 0.214. The molecule has 0 saturated carbocycles. The number of ether oxygens (including phenoxy) is 2. The molecular formula is C19H21FN2O3. The second-order valence-corrected chi connectivity index (χ2v) is 5.82. The number of carbonyl (C=O) groups is 1. The molecule has 1 N–H and O–H groups in total. The van der Waals surface area contributed by atoms with E-state index in [0.717, 1.165) is 11.3 Å². The molecule has 0 bridgehead atoms. The summed E-state index contributed by atoms with van der Waals surface area (Å²) in [6.45, 7) is 3.53. The summed E-state index contributed by atoms with van der Waals surface area (Å²) in [5.41, 5.74) is 0.718. The molecule has 2 amide bonds. The largest absolute Gasteiger partial charge is 0.486 e. The van der Waals surface area contributed by atoms with Crippen molar-refractivity contribution < 1.29 is 18.7 Å². The van der Waals surface area contributed by atoms with Gasteiger partial charge in [0.2, 0.25) is 0 Å². The third-order valence-corrected chi connectivity index (χ3v) is 3.99. The van der Waals surface area contributed by atoms with Crippen LogP contribution in [0.1, 0.15) is 12.5 Å². The quantitative estimate of drug-likeness (QED) is 0.906. The van der Waals surface area contributed by atoms with Crippen LogP contribution in [-0.2, 0) is 6.54 Å². The lowest BCUT2D eigenvalue weighted by Crippen LogP contribution is -2.47. The number of nitrogens with one attached hydrogen (secondary N) is 1. The van der Waals surface area contributed by atoms with Gasteiger partial charge in [-0.25, -0.2) is 9.18 Å². The Bertz CT molecular complexity index is 738. The van der Waals surface area contributed by atoms with Crippen molar-refractivity contribution in [2.45, 2.75) is 19.6 Å². The van der Waals surface area contributed by atoms with Gasteiger partial charge >= 0.3 is 6.03 Å². The first-order chi connectivity index (χ1) is 12.2. The molecule has 0 saturated heterocycles. The van der Waals surface area contributed by atoms with Crippen molar-refractivity contribution in [3.8, 4) is 11.5 Å². The van der Waals surface area contributed by atoms with E-state index in [1.54, 1.807) is 17.0 Å². The summed E-state index contributed by atoms with van der Waals surface area (Å²) in [7, 11) is 0. The van der Waals surface area contributed by atoms with Crippen molar-refractivity contribution in [2.75, 3.05) is 19.7 Å². The van der Waals surface area contributed by atoms with E-state index in [0.29, 0.717) is 25.4 Å². The van der Waals surface area contributed by atoms with Crippen molar-refractivity contribution in [1.82, 2.24) is 10.2 Å². The molecule has 2 aromatic carbocycles. The van der Waals surface area contributed by atoms with E-state index >= 15 is 0 Å². The maximum Gasteiger partial charge on any atom is 0.317 e. The van der Waals surface area contributed by atoms with Crippen LogP contribution >= 0.6 is 0 Å². The molecule has 3 rings (SSSR count). The van der Waals surface area contributed by atoms with E-state index in [1.165, 1.54) is 12.1 Å². The Morgan fingerprint density at radius 1 is 1.24 bits per heavy atom. The molecule has 5 nitrogen and oxygen atoms in total. The van der Waals surface area contributed by atoms with Gasteiger partial charge in [0.05, 0.1) is 6.54 Å². The zero-order valence-corrected chi connectivity index (χ0v) is 14.1. The SMILES string of the molecule is CCN(C[C@H]1COc2ccccc2O1)C(=O)NCc1cccc(F)c1. The van der Waals surface area contributed by atoms with Crippen molar-refractivity contribution in [3.05, 3.63) is 59.9 Å². The van der Waals surface area contributed by atoms with Gasteiger partial charge in [0.25, 0.3) is 0 Å². The topological polar surface area (TPSA) is 50.8 Å². The summed E-state index contributed by atoms with van der Waals surface area (Å²) in [5, 5.41) is 2.81. The molecular weight excluding hydrogens is 323 g/mol. The predicted molar refractivity (Wildman–Crippen MR) is 92.2 cm³/mol. The molecule has 0 spiro atoms. The Morgan fingerprint density at radius 3 is 2.80 bits per heavy atom. The minimum Gasteiger partial charge on any atom is -0.486 e. The fraction of sp³-hybridized carbons (Fsp3) is 0.316. The monoisotopic (exact) mass is 344 g/mol. The summed E-state index contributed by atoms with van der Waals surface area (Å²) in [5.74, 6) is 1.10. The molecule has 1 aliphatic rings. The zero-order valence-electron chi connectivity index (χ0n) is 14.1. The highest BCUT2D eigenvalue weighted by molar-refractivity contribution is 5.74. The molecule has 0 unspecified atom stereocenters. The lowest BCUT2D eigenvalue weighted by molar-refractivity contribution is 0.0675. The highest BCUT2D eigenvalue weighted by Crippen LogP contribution is 2.30. The first kappa shape index (κ1) is 17.1. The van der Waals surface area contributed by atoms with Crippen LogP contribution in [0.3, 0.4) is 0 Å². The average molecular weight is 344 g/mol. The van der Waals surface area contributed by atoms with E-state index in [9.17, 15) is 9.18 Å². The van der Waals surface area contributed by atoms with Gasteiger partial charge in [0.1, 0.15) is 12.4 Å². The summed E-state index contributed by atoms with van der Waals surface area (Å²) >= 11 is 0. The molecule has 25 heavy (non-hydrogen) atoms.